The second-order valence-electron chi connectivity index (χ2n) is 7.20. The van der Waals surface area contributed by atoms with Crippen molar-refractivity contribution in [3.8, 4) is 0 Å². The zero-order chi connectivity index (χ0) is 22.2. The van der Waals surface area contributed by atoms with Crippen molar-refractivity contribution >= 4 is 32.9 Å². The number of nitrogens with zero attached hydrogens (tertiary/aromatic N) is 1. The summed E-state index contributed by atoms with van der Waals surface area (Å²) in [5, 5.41) is 16.0. The Bertz CT molecular complexity index is 923. The third kappa shape index (κ3) is 9.07. The van der Waals surface area contributed by atoms with Gasteiger partial charge in [-0.15, -0.1) is 0 Å². The number of carbonyl (C=O) groups is 2. The highest BCUT2D eigenvalue weighted by Gasteiger charge is 2.12. The van der Waals surface area contributed by atoms with Crippen molar-refractivity contribution in [2.24, 2.45) is 0 Å². The molecule has 0 saturated carbocycles. The SMILES string of the molecule is CC(C)NS(=O)(=O)CCc1ccc2[nH]cc(CCN(C)C)c2c1.O=C(O)C(=O)O. The van der Waals surface area contributed by atoms with E-state index in [0.717, 1.165) is 24.0 Å². The fourth-order valence-corrected chi connectivity index (χ4v) is 3.94. The van der Waals surface area contributed by atoms with Crippen LogP contribution in [0.3, 0.4) is 0 Å². The van der Waals surface area contributed by atoms with Crippen LogP contribution < -0.4 is 4.72 Å². The molecule has 2 rings (SSSR count). The summed E-state index contributed by atoms with van der Waals surface area (Å²) in [5.74, 6) is -3.53. The van der Waals surface area contributed by atoms with E-state index in [4.69, 9.17) is 19.8 Å². The fourth-order valence-electron chi connectivity index (χ4n) is 2.60. The molecule has 0 fully saturated rings. The molecular formula is C19H29N3O6S. The third-order valence-electron chi connectivity index (χ3n) is 3.92. The van der Waals surface area contributed by atoms with Crippen molar-refractivity contribution in [3.05, 3.63) is 35.5 Å². The van der Waals surface area contributed by atoms with Crippen LogP contribution in [0.1, 0.15) is 25.0 Å². The van der Waals surface area contributed by atoms with Gasteiger partial charge in [0.15, 0.2) is 0 Å². The quantitative estimate of drug-likeness (QED) is 0.466. The molecule has 29 heavy (non-hydrogen) atoms. The van der Waals surface area contributed by atoms with Gasteiger partial charge in [0, 0.05) is 29.7 Å². The molecule has 10 heteroatoms. The molecule has 4 N–H and O–H groups in total. The van der Waals surface area contributed by atoms with Crippen LogP contribution in [0.15, 0.2) is 24.4 Å². The van der Waals surface area contributed by atoms with E-state index >= 15 is 0 Å². The van der Waals surface area contributed by atoms with Crippen molar-refractivity contribution < 1.29 is 28.2 Å². The molecule has 2 aromatic rings. The summed E-state index contributed by atoms with van der Waals surface area (Å²) in [6.07, 6.45) is 3.55. The Hall–Kier alpha value is -2.43. The van der Waals surface area contributed by atoms with Crippen molar-refractivity contribution in [1.82, 2.24) is 14.6 Å². The molecule has 0 aliphatic carbocycles. The summed E-state index contributed by atoms with van der Waals surface area (Å²) >= 11 is 0. The molecule has 0 amide bonds. The van der Waals surface area contributed by atoms with Gasteiger partial charge in [0.1, 0.15) is 0 Å². The number of aromatic nitrogens is 1. The lowest BCUT2D eigenvalue weighted by molar-refractivity contribution is -0.159. The Kier molecular flexibility index (Phi) is 9.28. The average Bonchev–Trinajstić information content (AvgIpc) is 3.00. The van der Waals surface area contributed by atoms with Gasteiger partial charge in [0.2, 0.25) is 10.0 Å². The van der Waals surface area contributed by atoms with Gasteiger partial charge in [0.25, 0.3) is 0 Å². The Morgan fingerprint density at radius 2 is 1.76 bits per heavy atom. The predicted molar refractivity (Wildman–Crippen MR) is 112 cm³/mol. The monoisotopic (exact) mass is 427 g/mol. The number of hydrogen-bond donors (Lipinski definition) is 4. The van der Waals surface area contributed by atoms with Gasteiger partial charge < -0.3 is 20.1 Å². The fraction of sp³-hybridized carbons (Fsp3) is 0.474. The van der Waals surface area contributed by atoms with Gasteiger partial charge in [-0.05, 0) is 64.0 Å². The number of sulfonamides is 1. The smallest absolute Gasteiger partial charge is 0.414 e. The molecule has 0 aliphatic rings. The number of hydrogen-bond acceptors (Lipinski definition) is 5. The standard InChI is InChI=1S/C17H27N3O2S.C2H2O4/c1-13(2)19-23(21,22)10-8-14-5-6-17-16(11-14)15(12-18-17)7-9-20(3)4;3-1(4)2(5)6/h5-6,11-13,18-19H,7-10H2,1-4H3;(H,3,4)(H,5,6). The van der Waals surface area contributed by atoms with E-state index in [1.807, 2.05) is 26.0 Å². The summed E-state index contributed by atoms with van der Waals surface area (Å²) in [6.45, 7) is 4.66. The molecule has 0 radical (unpaired) electrons. The molecule has 0 saturated heterocycles. The number of aryl methyl sites for hydroxylation is 1. The normalized spacial score (nSPS) is 11.5. The molecule has 162 valence electrons. The van der Waals surface area contributed by atoms with Gasteiger partial charge in [0.05, 0.1) is 5.75 Å². The minimum Gasteiger partial charge on any atom is -0.473 e. The van der Waals surface area contributed by atoms with Gasteiger partial charge >= 0.3 is 11.9 Å². The number of fused-ring (bicyclic) bond motifs is 1. The van der Waals surface area contributed by atoms with Crippen LogP contribution in [-0.2, 0) is 32.5 Å². The number of carboxylic acid groups (broad SMARTS) is 2. The summed E-state index contributed by atoms with van der Waals surface area (Å²) in [6, 6.07) is 6.08. The lowest BCUT2D eigenvalue weighted by Gasteiger charge is -2.10. The number of carboxylic acids is 2. The Morgan fingerprint density at radius 3 is 2.28 bits per heavy atom. The lowest BCUT2D eigenvalue weighted by atomic mass is 10.1. The highest BCUT2D eigenvalue weighted by atomic mass is 32.2. The number of likely N-dealkylation sites (N-methyl/N-ethyl adjacent to an activating group) is 1. The summed E-state index contributed by atoms with van der Waals surface area (Å²) in [7, 11) is 0.910. The molecule has 1 aromatic heterocycles. The van der Waals surface area contributed by atoms with Crippen LogP contribution in [0.25, 0.3) is 10.9 Å². The van der Waals surface area contributed by atoms with Crippen LogP contribution in [-0.4, -0.2) is 72.9 Å². The topological polar surface area (TPSA) is 140 Å². The Morgan fingerprint density at radius 1 is 1.14 bits per heavy atom. The van der Waals surface area contributed by atoms with E-state index in [0.29, 0.717) is 6.42 Å². The molecule has 0 aliphatic heterocycles. The molecule has 9 nitrogen and oxygen atoms in total. The maximum absolute atomic E-state index is 11.9. The number of rotatable bonds is 8. The van der Waals surface area contributed by atoms with Gasteiger partial charge in [-0.25, -0.2) is 22.7 Å². The highest BCUT2D eigenvalue weighted by molar-refractivity contribution is 7.89. The van der Waals surface area contributed by atoms with E-state index in [1.165, 1.54) is 10.9 Å². The average molecular weight is 428 g/mol. The first kappa shape index (κ1) is 24.6. The van der Waals surface area contributed by atoms with E-state index in [9.17, 15) is 8.42 Å². The highest BCUT2D eigenvalue weighted by Crippen LogP contribution is 2.21. The van der Waals surface area contributed by atoms with Crippen LogP contribution in [0, 0.1) is 0 Å². The number of benzene rings is 1. The Balaban J connectivity index is 0.000000612. The van der Waals surface area contributed by atoms with E-state index < -0.39 is 22.0 Å². The second-order valence-corrected chi connectivity index (χ2v) is 9.07. The predicted octanol–water partition coefficient (Wildman–Crippen LogP) is 1.30. The first-order valence-corrected chi connectivity index (χ1v) is 10.8. The van der Waals surface area contributed by atoms with Gasteiger partial charge in [-0.1, -0.05) is 6.07 Å². The molecule has 0 bridgehead atoms. The minimum absolute atomic E-state index is 0.0650. The molecule has 0 spiro atoms. The number of nitrogens with one attached hydrogen (secondary N) is 2. The van der Waals surface area contributed by atoms with Crippen molar-refractivity contribution in [2.75, 3.05) is 26.4 Å². The van der Waals surface area contributed by atoms with Crippen molar-refractivity contribution in [2.45, 2.75) is 32.7 Å². The minimum atomic E-state index is -3.21. The van der Waals surface area contributed by atoms with Crippen molar-refractivity contribution in [1.29, 1.82) is 0 Å². The molecule has 1 aromatic carbocycles. The Labute approximate surface area is 170 Å². The first-order valence-electron chi connectivity index (χ1n) is 9.11. The summed E-state index contributed by atoms with van der Waals surface area (Å²) in [4.78, 5) is 23.6. The number of aliphatic carboxylic acids is 2. The van der Waals surface area contributed by atoms with Crippen LogP contribution in [0.4, 0.5) is 0 Å². The lowest BCUT2D eigenvalue weighted by Crippen LogP contribution is -2.32. The van der Waals surface area contributed by atoms with Crippen LogP contribution in [0.2, 0.25) is 0 Å². The zero-order valence-electron chi connectivity index (χ0n) is 17.1. The van der Waals surface area contributed by atoms with E-state index in [-0.39, 0.29) is 11.8 Å². The molecular weight excluding hydrogens is 398 g/mol. The maximum Gasteiger partial charge on any atom is 0.414 e. The largest absolute Gasteiger partial charge is 0.473 e. The number of H-pyrrole nitrogens is 1. The zero-order valence-corrected chi connectivity index (χ0v) is 17.9. The van der Waals surface area contributed by atoms with Crippen LogP contribution >= 0.6 is 0 Å². The maximum atomic E-state index is 11.9. The summed E-state index contributed by atoms with van der Waals surface area (Å²) < 4.78 is 26.5. The summed E-state index contributed by atoms with van der Waals surface area (Å²) in [5.41, 5.74) is 3.43. The van der Waals surface area contributed by atoms with E-state index in [2.05, 4.69) is 41.0 Å². The third-order valence-corrected chi connectivity index (χ3v) is 5.49. The van der Waals surface area contributed by atoms with Gasteiger partial charge in [-0.2, -0.15) is 0 Å². The number of aromatic amines is 1. The van der Waals surface area contributed by atoms with E-state index in [1.54, 1.807) is 0 Å². The first-order chi connectivity index (χ1) is 13.4. The second kappa shape index (κ2) is 10.9. The molecule has 1 heterocycles. The van der Waals surface area contributed by atoms with Crippen molar-refractivity contribution in [3.63, 3.8) is 0 Å². The van der Waals surface area contributed by atoms with Crippen LogP contribution in [0.5, 0.6) is 0 Å². The van der Waals surface area contributed by atoms with Gasteiger partial charge in [-0.3, -0.25) is 0 Å². The molecule has 0 unspecified atom stereocenters. The molecule has 0 atom stereocenters.